The van der Waals surface area contributed by atoms with Crippen LogP contribution in [0.1, 0.15) is 55.3 Å². The summed E-state index contributed by atoms with van der Waals surface area (Å²) in [5, 5.41) is 3.50. The van der Waals surface area contributed by atoms with Gasteiger partial charge in [0.05, 0.1) is 24.0 Å². The number of esters is 1. The van der Waals surface area contributed by atoms with Crippen LogP contribution in [0.4, 0.5) is 11.4 Å². The summed E-state index contributed by atoms with van der Waals surface area (Å²) < 4.78 is 4.75. The van der Waals surface area contributed by atoms with Crippen molar-refractivity contribution in [2.24, 2.45) is 0 Å². The maximum absolute atomic E-state index is 11.6. The molecule has 4 heteroatoms. The lowest BCUT2D eigenvalue weighted by Crippen LogP contribution is -2.21. The van der Waals surface area contributed by atoms with Gasteiger partial charge in [-0.3, -0.25) is 0 Å². The molecule has 0 aliphatic heterocycles. The summed E-state index contributed by atoms with van der Waals surface area (Å²) in [5.74, 6) is -0.385. The summed E-state index contributed by atoms with van der Waals surface area (Å²) >= 11 is 0. The molecule has 1 aromatic carbocycles. The number of rotatable bonds is 3. The number of nitrogen functional groups attached to an aromatic ring is 1. The molecule has 0 unspecified atom stereocenters. The molecule has 110 valence electrons. The number of para-hydroxylation sites is 1. The van der Waals surface area contributed by atoms with Gasteiger partial charge in [0, 0.05) is 6.04 Å². The molecule has 0 spiro atoms. The first kappa shape index (κ1) is 14.7. The van der Waals surface area contributed by atoms with Crippen molar-refractivity contribution in [2.45, 2.75) is 51.0 Å². The van der Waals surface area contributed by atoms with Crippen LogP contribution in [0.2, 0.25) is 0 Å². The maximum Gasteiger partial charge on any atom is 0.340 e. The van der Waals surface area contributed by atoms with Crippen LogP contribution in [0.5, 0.6) is 0 Å². The number of nitrogens with one attached hydrogen (secondary N) is 1. The molecule has 3 N–H and O–H groups in total. The van der Waals surface area contributed by atoms with Gasteiger partial charge in [0.1, 0.15) is 0 Å². The Morgan fingerprint density at radius 1 is 1.20 bits per heavy atom. The van der Waals surface area contributed by atoms with Crippen molar-refractivity contribution in [1.29, 1.82) is 0 Å². The van der Waals surface area contributed by atoms with E-state index in [4.69, 9.17) is 10.5 Å². The van der Waals surface area contributed by atoms with Crippen molar-refractivity contribution >= 4 is 17.3 Å². The first-order valence-electron chi connectivity index (χ1n) is 7.45. The third kappa shape index (κ3) is 3.65. The van der Waals surface area contributed by atoms with Crippen molar-refractivity contribution in [2.75, 3.05) is 18.2 Å². The van der Waals surface area contributed by atoms with Crippen LogP contribution in [0.3, 0.4) is 0 Å². The highest BCUT2D eigenvalue weighted by molar-refractivity contribution is 5.98. The minimum absolute atomic E-state index is 0.385. The van der Waals surface area contributed by atoms with E-state index in [1.54, 1.807) is 6.07 Å². The third-order valence-corrected chi connectivity index (χ3v) is 3.98. The molecule has 1 saturated carbocycles. The number of benzene rings is 1. The van der Waals surface area contributed by atoms with Crippen molar-refractivity contribution in [1.82, 2.24) is 0 Å². The van der Waals surface area contributed by atoms with Crippen LogP contribution >= 0.6 is 0 Å². The second kappa shape index (κ2) is 7.17. The van der Waals surface area contributed by atoms with E-state index in [-0.39, 0.29) is 5.97 Å². The van der Waals surface area contributed by atoms with Gasteiger partial charge in [0.2, 0.25) is 0 Å². The fourth-order valence-corrected chi connectivity index (χ4v) is 2.80. The van der Waals surface area contributed by atoms with Gasteiger partial charge in [-0.25, -0.2) is 4.79 Å². The normalized spacial score (nSPS) is 17.1. The largest absolute Gasteiger partial charge is 0.465 e. The predicted octanol–water partition coefficient (Wildman–Crippen LogP) is 3.58. The number of carbonyl (C=O) groups excluding carboxylic acids is 1. The highest BCUT2D eigenvalue weighted by atomic mass is 16.5. The van der Waals surface area contributed by atoms with Gasteiger partial charge in [0.25, 0.3) is 0 Å². The van der Waals surface area contributed by atoms with Crippen LogP contribution in [-0.4, -0.2) is 19.1 Å². The molecule has 1 aromatic rings. The van der Waals surface area contributed by atoms with Crippen molar-refractivity contribution in [3.63, 3.8) is 0 Å². The van der Waals surface area contributed by atoms with E-state index in [2.05, 4.69) is 5.32 Å². The molecular weight excluding hydrogens is 252 g/mol. The van der Waals surface area contributed by atoms with E-state index >= 15 is 0 Å². The Kier molecular flexibility index (Phi) is 5.27. The molecule has 4 nitrogen and oxygen atoms in total. The van der Waals surface area contributed by atoms with Gasteiger partial charge < -0.3 is 15.8 Å². The van der Waals surface area contributed by atoms with E-state index in [1.165, 1.54) is 52.1 Å². The Balaban J connectivity index is 2.10. The number of ether oxygens (including phenoxy) is 1. The molecule has 0 atom stereocenters. The molecule has 0 amide bonds. The lowest BCUT2D eigenvalue weighted by atomic mass is 9.96. The van der Waals surface area contributed by atoms with Crippen molar-refractivity contribution in [3.05, 3.63) is 23.8 Å². The molecule has 0 aromatic heterocycles. The van der Waals surface area contributed by atoms with Crippen molar-refractivity contribution < 1.29 is 9.53 Å². The zero-order valence-corrected chi connectivity index (χ0v) is 12.2. The van der Waals surface area contributed by atoms with Crippen molar-refractivity contribution in [3.8, 4) is 0 Å². The monoisotopic (exact) mass is 276 g/mol. The molecule has 0 radical (unpaired) electrons. The van der Waals surface area contributed by atoms with Gasteiger partial charge >= 0.3 is 5.97 Å². The first-order chi connectivity index (χ1) is 9.72. The van der Waals surface area contributed by atoms with Gasteiger partial charge in [-0.2, -0.15) is 0 Å². The molecule has 1 aliphatic rings. The minimum atomic E-state index is -0.385. The summed E-state index contributed by atoms with van der Waals surface area (Å²) in [6.45, 7) is 0. The van der Waals surface area contributed by atoms with Gasteiger partial charge in [-0.05, 0) is 25.0 Å². The van der Waals surface area contributed by atoms with E-state index in [1.807, 2.05) is 12.1 Å². The molecule has 1 fully saturated rings. The summed E-state index contributed by atoms with van der Waals surface area (Å²) in [6.07, 6.45) is 8.84. The number of anilines is 2. The Hall–Kier alpha value is -1.71. The van der Waals surface area contributed by atoms with Crippen LogP contribution in [0.25, 0.3) is 0 Å². The number of nitrogens with two attached hydrogens (primary N) is 1. The highest BCUT2D eigenvalue weighted by Gasteiger charge is 2.16. The first-order valence-corrected chi connectivity index (χ1v) is 7.45. The van der Waals surface area contributed by atoms with Gasteiger partial charge in [0.15, 0.2) is 0 Å². The number of carbonyl (C=O) groups is 1. The van der Waals surface area contributed by atoms with Gasteiger partial charge in [-0.1, -0.05) is 38.2 Å². The van der Waals surface area contributed by atoms with Gasteiger partial charge in [-0.15, -0.1) is 0 Å². The summed E-state index contributed by atoms with van der Waals surface area (Å²) in [4.78, 5) is 11.6. The average Bonchev–Trinajstić information content (AvgIpc) is 2.43. The number of hydrogen-bond donors (Lipinski definition) is 2. The quantitative estimate of drug-likeness (QED) is 0.654. The third-order valence-electron chi connectivity index (χ3n) is 3.98. The predicted molar refractivity (Wildman–Crippen MR) is 81.9 cm³/mol. The minimum Gasteiger partial charge on any atom is -0.465 e. The van der Waals surface area contributed by atoms with Crippen LogP contribution in [0, 0.1) is 0 Å². The molecule has 1 aliphatic carbocycles. The standard InChI is InChI=1S/C16H24N2O2/c1-20-16(19)13-10-7-11-14(15(13)17)18-12-8-5-3-2-4-6-9-12/h7,10-12,18H,2-6,8-9,17H2,1H3. The number of methoxy groups -OCH3 is 1. The SMILES string of the molecule is COC(=O)c1cccc(NC2CCCCCCC2)c1N. The van der Waals surface area contributed by atoms with E-state index in [9.17, 15) is 4.79 Å². The molecule has 0 bridgehead atoms. The lowest BCUT2D eigenvalue weighted by molar-refractivity contribution is 0.0602. The average molecular weight is 276 g/mol. The smallest absolute Gasteiger partial charge is 0.340 e. The lowest BCUT2D eigenvalue weighted by Gasteiger charge is -2.23. The second-order valence-electron chi connectivity index (χ2n) is 5.44. The zero-order chi connectivity index (χ0) is 14.4. The summed E-state index contributed by atoms with van der Waals surface area (Å²) in [7, 11) is 1.37. The van der Waals surface area contributed by atoms with E-state index < -0.39 is 0 Å². The fraction of sp³-hybridized carbons (Fsp3) is 0.562. The Morgan fingerprint density at radius 3 is 2.50 bits per heavy atom. The molecule has 20 heavy (non-hydrogen) atoms. The van der Waals surface area contributed by atoms with E-state index in [0.29, 0.717) is 17.3 Å². The molecule has 0 saturated heterocycles. The van der Waals surface area contributed by atoms with E-state index in [0.717, 1.165) is 5.69 Å². The molecule has 2 rings (SSSR count). The van der Waals surface area contributed by atoms with Crippen LogP contribution in [-0.2, 0) is 4.74 Å². The topological polar surface area (TPSA) is 64.3 Å². The summed E-state index contributed by atoms with van der Waals surface area (Å²) in [5.41, 5.74) is 7.85. The number of hydrogen-bond acceptors (Lipinski definition) is 4. The van der Waals surface area contributed by atoms with Crippen LogP contribution < -0.4 is 11.1 Å². The maximum atomic E-state index is 11.6. The fourth-order valence-electron chi connectivity index (χ4n) is 2.80. The highest BCUT2D eigenvalue weighted by Crippen LogP contribution is 2.27. The molecule has 0 heterocycles. The molecular formula is C16H24N2O2. The van der Waals surface area contributed by atoms with Crippen LogP contribution in [0.15, 0.2) is 18.2 Å². The zero-order valence-electron chi connectivity index (χ0n) is 12.2. The second-order valence-corrected chi connectivity index (χ2v) is 5.44. The summed E-state index contributed by atoms with van der Waals surface area (Å²) in [6, 6.07) is 5.92. The Morgan fingerprint density at radius 2 is 1.85 bits per heavy atom. The Labute approximate surface area is 120 Å². The Bertz CT molecular complexity index is 452.